The molecule has 1 aromatic heterocycles. The number of H-pyrrole nitrogens is 1. The van der Waals surface area contributed by atoms with Gasteiger partial charge in [-0.25, -0.2) is 4.79 Å². The SMILES string of the molecule is CC(C)(C[C@@H](Cc1ccc(-c2ccccc2)cc1)NC(=O)c1cc(C(=O)O)[nH]n1)C(=O)O. The van der Waals surface area contributed by atoms with Gasteiger partial charge in [-0.3, -0.25) is 14.7 Å². The molecule has 0 spiro atoms. The van der Waals surface area contributed by atoms with E-state index in [-0.39, 0.29) is 17.8 Å². The number of aliphatic carboxylic acids is 1. The summed E-state index contributed by atoms with van der Waals surface area (Å²) in [4.78, 5) is 35.3. The number of hydrogen-bond donors (Lipinski definition) is 4. The third-order valence-corrected chi connectivity index (χ3v) is 5.25. The summed E-state index contributed by atoms with van der Waals surface area (Å²) in [5.41, 5.74) is 1.74. The third kappa shape index (κ3) is 5.60. The minimum absolute atomic E-state index is 0.0695. The second kappa shape index (κ2) is 9.47. The van der Waals surface area contributed by atoms with Crippen LogP contribution in [0.3, 0.4) is 0 Å². The quantitative estimate of drug-likeness (QED) is 0.406. The van der Waals surface area contributed by atoms with E-state index in [0.29, 0.717) is 6.42 Å². The molecular formula is C24H25N3O5. The minimum Gasteiger partial charge on any atom is -0.481 e. The van der Waals surface area contributed by atoms with Crippen molar-refractivity contribution in [3.63, 3.8) is 0 Å². The average Bonchev–Trinajstić information content (AvgIpc) is 3.25. The molecular weight excluding hydrogens is 410 g/mol. The van der Waals surface area contributed by atoms with Crippen molar-refractivity contribution in [1.82, 2.24) is 15.5 Å². The molecule has 0 aliphatic heterocycles. The lowest BCUT2D eigenvalue weighted by atomic mass is 9.83. The zero-order chi connectivity index (χ0) is 23.3. The smallest absolute Gasteiger partial charge is 0.353 e. The summed E-state index contributed by atoms with van der Waals surface area (Å²) >= 11 is 0. The highest BCUT2D eigenvalue weighted by Crippen LogP contribution is 2.25. The predicted octanol–water partition coefficient (Wildman–Crippen LogP) is 3.62. The van der Waals surface area contributed by atoms with Crippen LogP contribution >= 0.6 is 0 Å². The van der Waals surface area contributed by atoms with E-state index in [0.717, 1.165) is 22.8 Å². The zero-order valence-corrected chi connectivity index (χ0v) is 17.8. The van der Waals surface area contributed by atoms with Gasteiger partial charge in [0.05, 0.1) is 5.41 Å². The van der Waals surface area contributed by atoms with Gasteiger partial charge in [-0.2, -0.15) is 5.10 Å². The lowest BCUT2D eigenvalue weighted by Crippen LogP contribution is -2.41. The molecule has 0 saturated carbocycles. The van der Waals surface area contributed by atoms with Crippen molar-refractivity contribution in [2.24, 2.45) is 5.41 Å². The van der Waals surface area contributed by atoms with Crippen LogP contribution in [0.4, 0.5) is 0 Å². The van der Waals surface area contributed by atoms with Crippen LogP contribution in [0.2, 0.25) is 0 Å². The molecule has 0 unspecified atom stereocenters. The molecule has 3 rings (SSSR count). The molecule has 2 aromatic carbocycles. The number of rotatable bonds is 9. The van der Waals surface area contributed by atoms with Crippen LogP contribution in [0.1, 0.15) is 46.8 Å². The van der Waals surface area contributed by atoms with Gasteiger partial charge in [0.25, 0.3) is 5.91 Å². The van der Waals surface area contributed by atoms with Gasteiger partial charge in [-0.15, -0.1) is 0 Å². The first-order chi connectivity index (χ1) is 15.2. The summed E-state index contributed by atoms with van der Waals surface area (Å²) in [5, 5.41) is 27.4. The van der Waals surface area contributed by atoms with E-state index >= 15 is 0 Å². The third-order valence-electron chi connectivity index (χ3n) is 5.25. The first-order valence-electron chi connectivity index (χ1n) is 10.1. The summed E-state index contributed by atoms with van der Waals surface area (Å²) in [6, 6.07) is 18.4. The largest absolute Gasteiger partial charge is 0.481 e. The van der Waals surface area contributed by atoms with E-state index in [2.05, 4.69) is 15.5 Å². The highest BCUT2D eigenvalue weighted by Gasteiger charge is 2.32. The van der Waals surface area contributed by atoms with Gasteiger partial charge in [0.15, 0.2) is 5.69 Å². The van der Waals surface area contributed by atoms with Gasteiger partial charge < -0.3 is 15.5 Å². The van der Waals surface area contributed by atoms with Crippen molar-refractivity contribution in [2.75, 3.05) is 0 Å². The van der Waals surface area contributed by atoms with E-state index in [9.17, 15) is 19.5 Å². The molecule has 0 radical (unpaired) electrons. The molecule has 4 N–H and O–H groups in total. The number of carbonyl (C=O) groups is 3. The summed E-state index contributed by atoms with van der Waals surface area (Å²) in [6.07, 6.45) is 0.596. The number of nitrogens with one attached hydrogen (secondary N) is 2. The Morgan fingerprint density at radius 3 is 2.19 bits per heavy atom. The molecule has 1 heterocycles. The molecule has 0 aliphatic rings. The number of aromatic nitrogens is 2. The highest BCUT2D eigenvalue weighted by molar-refractivity contribution is 5.95. The Hall–Kier alpha value is -3.94. The standard InChI is InChI=1S/C24H25N3O5/c1-24(2,23(31)32)14-18(25-21(28)19-13-20(22(29)30)27-26-19)12-15-8-10-17(11-9-15)16-6-4-3-5-7-16/h3-11,13,18H,12,14H2,1-2H3,(H,25,28)(H,26,27)(H,29,30)(H,31,32)/t18-/m1/s1. The summed E-state index contributed by atoms with van der Waals surface area (Å²) in [6.45, 7) is 3.20. The van der Waals surface area contributed by atoms with E-state index in [4.69, 9.17) is 5.11 Å². The molecule has 1 amide bonds. The van der Waals surface area contributed by atoms with Crippen molar-refractivity contribution in [2.45, 2.75) is 32.7 Å². The molecule has 1 atom stereocenters. The number of benzene rings is 2. The summed E-state index contributed by atoms with van der Waals surface area (Å²) < 4.78 is 0. The first kappa shape index (κ1) is 22.7. The molecule has 3 aromatic rings. The molecule has 0 saturated heterocycles. The number of aromatic amines is 1. The van der Waals surface area contributed by atoms with Gasteiger partial charge >= 0.3 is 11.9 Å². The second-order valence-electron chi connectivity index (χ2n) is 8.30. The Balaban J connectivity index is 1.78. The Kier molecular flexibility index (Phi) is 6.73. The molecule has 166 valence electrons. The van der Waals surface area contributed by atoms with Crippen molar-refractivity contribution < 1.29 is 24.6 Å². The molecule has 32 heavy (non-hydrogen) atoms. The number of amides is 1. The molecule has 8 heteroatoms. The maximum atomic E-state index is 12.6. The lowest BCUT2D eigenvalue weighted by molar-refractivity contribution is -0.147. The Bertz CT molecular complexity index is 1100. The fraction of sp³-hybridized carbons (Fsp3) is 0.250. The minimum atomic E-state index is -1.22. The Morgan fingerprint density at radius 1 is 1.00 bits per heavy atom. The monoisotopic (exact) mass is 435 g/mol. The topological polar surface area (TPSA) is 132 Å². The van der Waals surface area contributed by atoms with Gasteiger partial charge in [-0.1, -0.05) is 54.6 Å². The van der Waals surface area contributed by atoms with Gasteiger partial charge in [-0.05, 0) is 43.4 Å². The molecule has 8 nitrogen and oxygen atoms in total. The van der Waals surface area contributed by atoms with Crippen LogP contribution in [0, 0.1) is 5.41 Å². The number of carboxylic acids is 2. The average molecular weight is 435 g/mol. The predicted molar refractivity (Wildman–Crippen MR) is 118 cm³/mol. The van der Waals surface area contributed by atoms with E-state index in [1.807, 2.05) is 54.6 Å². The van der Waals surface area contributed by atoms with Gasteiger partial charge in [0, 0.05) is 12.1 Å². The van der Waals surface area contributed by atoms with Crippen LogP contribution in [0.5, 0.6) is 0 Å². The Morgan fingerprint density at radius 2 is 1.62 bits per heavy atom. The number of carboxylic acid groups (broad SMARTS) is 2. The van der Waals surface area contributed by atoms with Crippen molar-refractivity contribution in [3.8, 4) is 11.1 Å². The number of aromatic carboxylic acids is 1. The summed E-state index contributed by atoms with van der Waals surface area (Å²) in [7, 11) is 0. The van der Waals surface area contributed by atoms with Gasteiger partial charge in [0.1, 0.15) is 5.69 Å². The first-order valence-corrected chi connectivity index (χ1v) is 10.1. The van der Waals surface area contributed by atoms with Crippen LogP contribution in [0.25, 0.3) is 11.1 Å². The molecule has 0 bridgehead atoms. The van der Waals surface area contributed by atoms with Crippen molar-refractivity contribution in [3.05, 3.63) is 77.6 Å². The number of nitrogens with zero attached hydrogens (tertiary/aromatic N) is 1. The van der Waals surface area contributed by atoms with Crippen LogP contribution in [-0.4, -0.2) is 44.3 Å². The van der Waals surface area contributed by atoms with Gasteiger partial charge in [0.2, 0.25) is 0 Å². The number of hydrogen-bond acceptors (Lipinski definition) is 4. The highest BCUT2D eigenvalue weighted by atomic mass is 16.4. The molecule has 0 fully saturated rings. The fourth-order valence-electron chi connectivity index (χ4n) is 3.43. The summed E-state index contributed by atoms with van der Waals surface area (Å²) in [5.74, 6) is -2.76. The van der Waals surface area contributed by atoms with Crippen molar-refractivity contribution in [1.29, 1.82) is 0 Å². The van der Waals surface area contributed by atoms with E-state index < -0.39 is 29.3 Å². The maximum absolute atomic E-state index is 12.6. The normalized spacial score (nSPS) is 12.2. The van der Waals surface area contributed by atoms with Crippen LogP contribution < -0.4 is 5.32 Å². The van der Waals surface area contributed by atoms with E-state index in [1.54, 1.807) is 13.8 Å². The number of carbonyl (C=O) groups excluding carboxylic acids is 1. The van der Waals surface area contributed by atoms with Crippen LogP contribution in [0.15, 0.2) is 60.7 Å². The second-order valence-corrected chi connectivity index (χ2v) is 8.30. The molecule has 0 aliphatic carbocycles. The fourth-order valence-corrected chi connectivity index (χ4v) is 3.43. The van der Waals surface area contributed by atoms with Crippen molar-refractivity contribution >= 4 is 17.8 Å². The maximum Gasteiger partial charge on any atom is 0.353 e. The Labute approximate surface area is 185 Å². The zero-order valence-electron chi connectivity index (χ0n) is 17.8. The van der Waals surface area contributed by atoms with Crippen LogP contribution in [-0.2, 0) is 11.2 Å². The van der Waals surface area contributed by atoms with E-state index in [1.165, 1.54) is 0 Å². The lowest BCUT2D eigenvalue weighted by Gasteiger charge is -2.27.